The summed E-state index contributed by atoms with van der Waals surface area (Å²) in [6, 6.07) is 4.16. The molecule has 4 heterocycles. The lowest BCUT2D eigenvalue weighted by Gasteiger charge is -2.40. The van der Waals surface area contributed by atoms with Crippen LogP contribution in [0.25, 0.3) is 0 Å². The molecule has 2 aliphatic heterocycles. The summed E-state index contributed by atoms with van der Waals surface area (Å²) in [5.41, 5.74) is 1.24. The van der Waals surface area contributed by atoms with Crippen LogP contribution >= 0.6 is 0 Å². The third-order valence-electron chi connectivity index (χ3n) is 4.78. The van der Waals surface area contributed by atoms with Crippen molar-refractivity contribution in [3.63, 3.8) is 0 Å². The average Bonchev–Trinajstić information content (AvgIpc) is 3.00. The highest BCUT2D eigenvalue weighted by molar-refractivity contribution is 5.37. The second kappa shape index (κ2) is 5.65. The summed E-state index contributed by atoms with van der Waals surface area (Å²) in [6.45, 7) is 2.73. The van der Waals surface area contributed by atoms with E-state index in [4.69, 9.17) is 4.74 Å². The van der Waals surface area contributed by atoms with Crippen molar-refractivity contribution in [2.75, 3.05) is 24.6 Å². The van der Waals surface area contributed by atoms with Crippen LogP contribution in [0, 0.1) is 0 Å². The molecule has 2 fully saturated rings. The van der Waals surface area contributed by atoms with Crippen molar-refractivity contribution in [1.82, 2.24) is 15.0 Å². The van der Waals surface area contributed by atoms with Gasteiger partial charge in [0.2, 0.25) is 0 Å². The topological polar surface area (TPSA) is 51.1 Å². The molecule has 1 spiro atoms. The summed E-state index contributed by atoms with van der Waals surface area (Å²) in [6.07, 6.45) is 12.4. The number of ether oxygens (including phenoxy) is 1. The fourth-order valence-electron chi connectivity index (χ4n) is 3.71. The lowest BCUT2D eigenvalue weighted by atomic mass is 9.84. The van der Waals surface area contributed by atoms with Crippen molar-refractivity contribution in [1.29, 1.82) is 0 Å². The van der Waals surface area contributed by atoms with E-state index < -0.39 is 0 Å². The van der Waals surface area contributed by atoms with Crippen molar-refractivity contribution in [2.24, 2.45) is 0 Å². The smallest absolute Gasteiger partial charge is 0.147 e. The van der Waals surface area contributed by atoms with E-state index in [1.165, 1.54) is 5.56 Å². The van der Waals surface area contributed by atoms with Crippen molar-refractivity contribution in [2.45, 2.75) is 30.8 Å². The second-order valence-electron chi connectivity index (χ2n) is 6.27. The molecular weight excluding hydrogens is 276 g/mol. The van der Waals surface area contributed by atoms with Crippen LogP contribution < -0.4 is 4.90 Å². The Hall–Kier alpha value is -2.01. The van der Waals surface area contributed by atoms with Gasteiger partial charge in [-0.3, -0.25) is 9.97 Å². The number of aromatic nitrogens is 3. The van der Waals surface area contributed by atoms with Gasteiger partial charge in [0.15, 0.2) is 0 Å². The first kappa shape index (κ1) is 13.6. The Morgan fingerprint density at radius 3 is 2.95 bits per heavy atom. The monoisotopic (exact) mass is 296 g/mol. The number of anilines is 1. The minimum atomic E-state index is -0.0454. The first-order chi connectivity index (χ1) is 10.8. The summed E-state index contributed by atoms with van der Waals surface area (Å²) >= 11 is 0. The summed E-state index contributed by atoms with van der Waals surface area (Å²) < 4.78 is 6.28. The van der Waals surface area contributed by atoms with Gasteiger partial charge in [0.1, 0.15) is 5.82 Å². The lowest BCUT2D eigenvalue weighted by Crippen LogP contribution is -2.48. The van der Waals surface area contributed by atoms with Gasteiger partial charge in [0, 0.05) is 43.8 Å². The Morgan fingerprint density at radius 1 is 1.18 bits per heavy atom. The largest absolute Gasteiger partial charge is 0.372 e. The van der Waals surface area contributed by atoms with E-state index in [2.05, 4.69) is 25.9 Å². The van der Waals surface area contributed by atoms with E-state index in [0.717, 1.165) is 44.8 Å². The van der Waals surface area contributed by atoms with Gasteiger partial charge in [-0.25, -0.2) is 4.98 Å². The van der Waals surface area contributed by atoms with Crippen molar-refractivity contribution in [3.8, 4) is 0 Å². The van der Waals surface area contributed by atoms with Gasteiger partial charge in [-0.1, -0.05) is 6.07 Å². The highest BCUT2D eigenvalue weighted by Gasteiger charge is 2.44. The van der Waals surface area contributed by atoms with E-state index in [0.29, 0.717) is 5.92 Å². The number of pyridine rings is 1. The average molecular weight is 296 g/mol. The van der Waals surface area contributed by atoms with Crippen LogP contribution in [0.1, 0.15) is 30.7 Å². The Balaban J connectivity index is 1.50. The Bertz CT molecular complexity index is 621. The van der Waals surface area contributed by atoms with Crippen molar-refractivity contribution >= 4 is 5.82 Å². The third-order valence-corrected chi connectivity index (χ3v) is 4.78. The molecular formula is C17H20N4O. The first-order valence-electron chi connectivity index (χ1n) is 7.90. The predicted molar refractivity (Wildman–Crippen MR) is 83.8 cm³/mol. The molecule has 0 saturated carbocycles. The first-order valence-corrected chi connectivity index (χ1v) is 7.90. The summed E-state index contributed by atoms with van der Waals surface area (Å²) in [7, 11) is 0. The van der Waals surface area contributed by atoms with Gasteiger partial charge in [0.25, 0.3) is 0 Å². The zero-order chi connectivity index (χ0) is 14.8. The molecule has 0 aliphatic carbocycles. The number of nitrogens with zero attached hydrogens (tertiary/aromatic N) is 4. The van der Waals surface area contributed by atoms with Gasteiger partial charge in [-0.2, -0.15) is 0 Å². The Morgan fingerprint density at radius 2 is 2.14 bits per heavy atom. The van der Waals surface area contributed by atoms with E-state index >= 15 is 0 Å². The molecule has 2 unspecified atom stereocenters. The maximum atomic E-state index is 6.28. The minimum absolute atomic E-state index is 0.0454. The van der Waals surface area contributed by atoms with Crippen LogP contribution in [0.15, 0.2) is 43.1 Å². The molecule has 0 radical (unpaired) electrons. The van der Waals surface area contributed by atoms with Crippen LogP contribution in [0.2, 0.25) is 0 Å². The molecule has 2 aliphatic rings. The number of rotatable bonds is 2. The molecule has 0 bridgehead atoms. The molecule has 0 N–H and O–H groups in total. The van der Waals surface area contributed by atoms with Crippen LogP contribution in [0.3, 0.4) is 0 Å². The Kier molecular flexibility index (Phi) is 3.50. The number of hydrogen-bond acceptors (Lipinski definition) is 5. The van der Waals surface area contributed by atoms with E-state index in [-0.39, 0.29) is 5.60 Å². The van der Waals surface area contributed by atoms with Gasteiger partial charge < -0.3 is 9.64 Å². The Labute approximate surface area is 130 Å². The maximum absolute atomic E-state index is 6.28. The van der Waals surface area contributed by atoms with Crippen molar-refractivity contribution in [3.05, 3.63) is 48.7 Å². The highest BCUT2D eigenvalue weighted by atomic mass is 16.5. The van der Waals surface area contributed by atoms with Crippen LogP contribution in [-0.2, 0) is 4.74 Å². The SMILES string of the molecule is c1cncc(C2COC3(CCCN(c4cnccn4)C3)C2)c1. The lowest BCUT2D eigenvalue weighted by molar-refractivity contribution is -0.00665. The highest BCUT2D eigenvalue weighted by Crippen LogP contribution is 2.42. The summed E-state index contributed by atoms with van der Waals surface area (Å²) in [5.74, 6) is 1.41. The van der Waals surface area contributed by atoms with Crippen LogP contribution in [0.5, 0.6) is 0 Å². The molecule has 2 atom stereocenters. The van der Waals surface area contributed by atoms with E-state index in [9.17, 15) is 0 Å². The fraction of sp³-hybridized carbons (Fsp3) is 0.471. The number of hydrogen-bond donors (Lipinski definition) is 0. The zero-order valence-corrected chi connectivity index (χ0v) is 12.6. The normalized spacial score (nSPS) is 28.2. The van der Waals surface area contributed by atoms with Gasteiger partial charge >= 0.3 is 0 Å². The fourth-order valence-corrected chi connectivity index (χ4v) is 3.71. The summed E-state index contributed by atoms with van der Waals surface area (Å²) in [5, 5.41) is 0. The molecule has 4 rings (SSSR count). The van der Waals surface area contributed by atoms with Crippen LogP contribution in [0.4, 0.5) is 5.82 Å². The maximum Gasteiger partial charge on any atom is 0.147 e. The van der Waals surface area contributed by atoms with Crippen molar-refractivity contribution < 1.29 is 4.74 Å². The third kappa shape index (κ3) is 2.57. The van der Waals surface area contributed by atoms with E-state index in [1.54, 1.807) is 12.4 Å². The van der Waals surface area contributed by atoms with Crippen LogP contribution in [-0.4, -0.2) is 40.2 Å². The van der Waals surface area contributed by atoms with E-state index in [1.807, 2.05) is 24.7 Å². The molecule has 2 aromatic heterocycles. The zero-order valence-electron chi connectivity index (χ0n) is 12.6. The quantitative estimate of drug-likeness (QED) is 0.852. The molecule has 2 saturated heterocycles. The molecule has 5 heteroatoms. The molecule has 2 aromatic rings. The van der Waals surface area contributed by atoms with Gasteiger partial charge in [0.05, 0.1) is 18.4 Å². The number of piperidine rings is 1. The molecule has 22 heavy (non-hydrogen) atoms. The second-order valence-corrected chi connectivity index (χ2v) is 6.27. The van der Waals surface area contributed by atoms with Gasteiger partial charge in [-0.15, -0.1) is 0 Å². The molecule has 5 nitrogen and oxygen atoms in total. The predicted octanol–water partition coefficient (Wildman–Crippen LogP) is 2.41. The van der Waals surface area contributed by atoms with Gasteiger partial charge in [-0.05, 0) is 30.9 Å². The molecule has 0 amide bonds. The molecule has 0 aromatic carbocycles. The molecule has 114 valence electrons. The minimum Gasteiger partial charge on any atom is -0.372 e. The standard InChI is InChI=1S/C17H20N4O/c1-3-14(10-18-5-1)15-9-17(22-12-15)4-2-8-21(13-17)16-11-19-6-7-20-16/h1,3,5-7,10-11,15H,2,4,8-9,12-13H2. The summed E-state index contributed by atoms with van der Waals surface area (Å²) in [4.78, 5) is 15.2.